The number of hydrogen-bond acceptors (Lipinski definition) is 5. The highest BCUT2D eigenvalue weighted by Gasteiger charge is 2.21. The Hall–Kier alpha value is -1.33. The highest BCUT2D eigenvalue weighted by molar-refractivity contribution is 7.99. The molecule has 100 valence electrons. The molecule has 0 spiro atoms. The van der Waals surface area contributed by atoms with Gasteiger partial charge in [-0.2, -0.15) is 4.98 Å². The zero-order chi connectivity index (χ0) is 13.1. The molecular weight excluding hydrogens is 258 g/mol. The number of rotatable bonds is 5. The summed E-state index contributed by atoms with van der Waals surface area (Å²) < 4.78 is 4.95. The Morgan fingerprint density at radius 1 is 1.42 bits per heavy atom. The highest BCUT2D eigenvalue weighted by Crippen LogP contribution is 2.38. The summed E-state index contributed by atoms with van der Waals surface area (Å²) >= 11 is 1.95. The van der Waals surface area contributed by atoms with Crippen LogP contribution < -0.4 is 5.32 Å². The Bertz CT molecular complexity index is 555. The molecular formula is C14H17N3OS. The van der Waals surface area contributed by atoms with Crippen LogP contribution >= 0.6 is 11.8 Å². The summed E-state index contributed by atoms with van der Waals surface area (Å²) in [4.78, 5) is 5.63. The second kappa shape index (κ2) is 5.75. The highest BCUT2D eigenvalue weighted by atomic mass is 32.2. The van der Waals surface area contributed by atoms with Crippen molar-refractivity contribution in [3.8, 4) is 0 Å². The summed E-state index contributed by atoms with van der Waals surface area (Å²) in [7, 11) is 0. The molecule has 0 saturated heterocycles. The molecule has 1 unspecified atom stereocenters. The lowest BCUT2D eigenvalue weighted by Gasteiger charge is -2.11. The average molecular weight is 275 g/mol. The molecule has 1 aliphatic rings. The van der Waals surface area contributed by atoms with E-state index in [2.05, 4.69) is 39.7 Å². The molecule has 0 bridgehead atoms. The molecule has 1 aromatic carbocycles. The first kappa shape index (κ1) is 12.7. The van der Waals surface area contributed by atoms with Gasteiger partial charge in [-0.25, -0.2) is 0 Å². The molecule has 3 rings (SSSR count). The van der Waals surface area contributed by atoms with E-state index in [0.29, 0.717) is 11.8 Å². The van der Waals surface area contributed by atoms with Crippen LogP contribution in [0.3, 0.4) is 0 Å². The first-order valence-electron chi connectivity index (χ1n) is 6.54. The zero-order valence-electron chi connectivity index (χ0n) is 10.9. The third-order valence-corrected chi connectivity index (χ3v) is 4.54. The Morgan fingerprint density at radius 3 is 3.16 bits per heavy atom. The smallest absolute Gasteiger partial charge is 0.223 e. The quantitative estimate of drug-likeness (QED) is 0.849. The van der Waals surface area contributed by atoms with E-state index in [9.17, 15) is 0 Å². The van der Waals surface area contributed by atoms with Gasteiger partial charge in [0.2, 0.25) is 5.89 Å². The van der Waals surface area contributed by atoms with Crippen molar-refractivity contribution in [1.82, 2.24) is 15.5 Å². The van der Waals surface area contributed by atoms with Crippen LogP contribution in [0.4, 0.5) is 0 Å². The van der Waals surface area contributed by atoms with Gasteiger partial charge in [0.15, 0.2) is 5.82 Å². The molecule has 4 nitrogen and oxygen atoms in total. The molecule has 0 radical (unpaired) electrons. The van der Waals surface area contributed by atoms with E-state index in [1.54, 1.807) is 0 Å². The number of aryl methyl sites for hydroxylation is 1. The van der Waals surface area contributed by atoms with Gasteiger partial charge >= 0.3 is 0 Å². The lowest BCUT2D eigenvalue weighted by atomic mass is 10.0. The fraction of sp³-hybridized carbons (Fsp3) is 0.429. The molecule has 0 fully saturated rings. The van der Waals surface area contributed by atoms with Gasteiger partial charge in [0.25, 0.3) is 0 Å². The lowest BCUT2D eigenvalue weighted by Crippen LogP contribution is -2.24. The van der Waals surface area contributed by atoms with Crippen molar-refractivity contribution in [2.75, 3.05) is 18.8 Å². The zero-order valence-corrected chi connectivity index (χ0v) is 11.7. The number of hydrogen-bond donors (Lipinski definition) is 1. The predicted molar refractivity (Wildman–Crippen MR) is 75.5 cm³/mol. The third-order valence-electron chi connectivity index (χ3n) is 3.28. The number of aromatic nitrogens is 2. The first-order chi connectivity index (χ1) is 9.33. The van der Waals surface area contributed by atoms with E-state index in [0.717, 1.165) is 25.3 Å². The second-order valence-corrected chi connectivity index (χ2v) is 5.79. The molecule has 1 aromatic heterocycles. The van der Waals surface area contributed by atoms with Crippen molar-refractivity contribution in [2.24, 2.45) is 0 Å². The van der Waals surface area contributed by atoms with E-state index < -0.39 is 0 Å². The fourth-order valence-corrected chi connectivity index (χ4v) is 3.57. The summed E-state index contributed by atoms with van der Waals surface area (Å²) in [5, 5.41) is 7.38. The van der Waals surface area contributed by atoms with Crippen LogP contribution in [0.15, 0.2) is 33.7 Å². The van der Waals surface area contributed by atoms with E-state index in [1.165, 1.54) is 16.2 Å². The van der Waals surface area contributed by atoms with Crippen molar-refractivity contribution < 1.29 is 4.52 Å². The molecule has 2 aromatic rings. The summed E-state index contributed by atoms with van der Waals surface area (Å²) in [5.74, 6) is 3.21. The molecule has 2 heterocycles. The minimum atomic E-state index is 0.619. The summed E-state index contributed by atoms with van der Waals surface area (Å²) in [6, 6.07) is 8.69. The predicted octanol–water partition coefficient (Wildman–Crippen LogP) is 2.40. The van der Waals surface area contributed by atoms with Crippen LogP contribution in [-0.4, -0.2) is 29.0 Å². The van der Waals surface area contributed by atoms with Gasteiger partial charge in [-0.05, 0) is 11.6 Å². The van der Waals surface area contributed by atoms with Crippen molar-refractivity contribution in [3.63, 3.8) is 0 Å². The van der Waals surface area contributed by atoms with E-state index in [1.807, 2.05) is 18.7 Å². The summed E-state index contributed by atoms with van der Waals surface area (Å²) in [6.07, 6.45) is 0.818. The van der Waals surface area contributed by atoms with Gasteiger partial charge in [0, 0.05) is 43.0 Å². The lowest BCUT2D eigenvalue weighted by molar-refractivity contribution is 0.387. The molecule has 1 atom stereocenters. The van der Waals surface area contributed by atoms with E-state index in [-0.39, 0.29) is 0 Å². The number of fused-ring (bicyclic) bond motifs is 1. The first-order valence-corrected chi connectivity index (χ1v) is 7.53. The number of thioether (sulfide) groups is 1. The Kier molecular flexibility index (Phi) is 3.84. The van der Waals surface area contributed by atoms with Crippen molar-refractivity contribution in [1.29, 1.82) is 0 Å². The molecule has 0 amide bonds. The van der Waals surface area contributed by atoms with Crippen molar-refractivity contribution in [3.05, 3.63) is 41.5 Å². The third kappa shape index (κ3) is 2.98. The summed E-state index contributed by atoms with van der Waals surface area (Å²) in [6.45, 7) is 3.72. The second-order valence-electron chi connectivity index (χ2n) is 4.73. The van der Waals surface area contributed by atoms with Crippen molar-refractivity contribution in [2.45, 2.75) is 24.2 Å². The maximum atomic E-state index is 4.95. The van der Waals surface area contributed by atoms with Gasteiger partial charge in [0.05, 0.1) is 0 Å². The SMILES string of the molecule is Cc1nc(CCNCC2CSc3ccccc32)no1. The van der Waals surface area contributed by atoms with Gasteiger partial charge < -0.3 is 9.84 Å². The van der Waals surface area contributed by atoms with Crippen LogP contribution in [0, 0.1) is 6.92 Å². The van der Waals surface area contributed by atoms with Crippen molar-refractivity contribution >= 4 is 11.8 Å². The number of nitrogens with one attached hydrogen (secondary N) is 1. The molecule has 0 saturated carbocycles. The van der Waals surface area contributed by atoms with Crippen LogP contribution in [0.5, 0.6) is 0 Å². The van der Waals surface area contributed by atoms with Crippen LogP contribution in [0.2, 0.25) is 0 Å². The summed E-state index contributed by atoms with van der Waals surface area (Å²) in [5.41, 5.74) is 1.48. The Balaban J connectivity index is 1.46. The minimum Gasteiger partial charge on any atom is -0.340 e. The van der Waals surface area contributed by atoms with Gasteiger partial charge in [-0.3, -0.25) is 0 Å². The normalized spacial score (nSPS) is 17.6. The van der Waals surface area contributed by atoms with E-state index in [4.69, 9.17) is 4.52 Å². The molecule has 19 heavy (non-hydrogen) atoms. The molecule has 5 heteroatoms. The largest absolute Gasteiger partial charge is 0.340 e. The minimum absolute atomic E-state index is 0.619. The maximum Gasteiger partial charge on any atom is 0.223 e. The standard InChI is InChI=1S/C14H17N3OS/c1-10-16-14(17-18-10)6-7-15-8-11-9-19-13-5-3-2-4-12(11)13/h2-5,11,15H,6-9H2,1H3. The Morgan fingerprint density at radius 2 is 2.32 bits per heavy atom. The van der Waals surface area contributed by atoms with Crippen LogP contribution in [-0.2, 0) is 6.42 Å². The topological polar surface area (TPSA) is 51.0 Å². The van der Waals surface area contributed by atoms with E-state index >= 15 is 0 Å². The Labute approximate surface area is 117 Å². The van der Waals surface area contributed by atoms with Crippen LogP contribution in [0.1, 0.15) is 23.2 Å². The molecule has 0 aliphatic carbocycles. The monoisotopic (exact) mass is 275 g/mol. The number of benzene rings is 1. The fourth-order valence-electron chi connectivity index (χ4n) is 2.32. The maximum absolute atomic E-state index is 4.95. The molecule has 1 N–H and O–H groups in total. The van der Waals surface area contributed by atoms with Gasteiger partial charge in [-0.15, -0.1) is 11.8 Å². The van der Waals surface area contributed by atoms with Crippen LogP contribution in [0.25, 0.3) is 0 Å². The molecule has 1 aliphatic heterocycles. The van der Waals surface area contributed by atoms with Gasteiger partial charge in [-0.1, -0.05) is 23.4 Å². The van der Waals surface area contributed by atoms with Gasteiger partial charge in [0.1, 0.15) is 0 Å². The average Bonchev–Trinajstić information content (AvgIpc) is 3.02. The number of nitrogens with zero attached hydrogens (tertiary/aromatic N) is 2.